The molecule has 0 radical (unpaired) electrons. The number of rotatable bonds is 5. The van der Waals surface area contributed by atoms with Gasteiger partial charge in [0, 0.05) is 10.6 Å². The van der Waals surface area contributed by atoms with Crippen LogP contribution in [-0.4, -0.2) is 19.2 Å². The first kappa shape index (κ1) is 13.6. The molecule has 4 heteroatoms. The predicted octanol–water partition coefficient (Wildman–Crippen LogP) is 3.28. The standard InChI is InChI=1S/C13H15ClO3/c1-3-16-12(9-13(15)17-4-2)10-6-5-7-11(14)8-10/h5-9H,3-4H2,1-2H3/b12-9+. The van der Waals surface area contributed by atoms with Gasteiger partial charge < -0.3 is 9.47 Å². The summed E-state index contributed by atoms with van der Waals surface area (Å²) in [4.78, 5) is 11.4. The Morgan fingerprint density at radius 3 is 2.59 bits per heavy atom. The number of hydrogen-bond donors (Lipinski definition) is 0. The van der Waals surface area contributed by atoms with Gasteiger partial charge in [0.25, 0.3) is 0 Å². The highest BCUT2D eigenvalue weighted by Crippen LogP contribution is 2.20. The lowest BCUT2D eigenvalue weighted by Gasteiger charge is -2.09. The lowest BCUT2D eigenvalue weighted by Crippen LogP contribution is -2.02. The van der Waals surface area contributed by atoms with E-state index in [2.05, 4.69) is 0 Å². The number of carbonyl (C=O) groups excluding carboxylic acids is 1. The van der Waals surface area contributed by atoms with E-state index in [0.29, 0.717) is 24.0 Å². The Morgan fingerprint density at radius 1 is 1.29 bits per heavy atom. The van der Waals surface area contributed by atoms with E-state index in [1.807, 2.05) is 13.0 Å². The van der Waals surface area contributed by atoms with Crippen LogP contribution >= 0.6 is 11.6 Å². The van der Waals surface area contributed by atoms with E-state index in [0.717, 1.165) is 5.56 Å². The summed E-state index contributed by atoms with van der Waals surface area (Å²) in [6.45, 7) is 4.41. The largest absolute Gasteiger partial charge is 0.493 e. The van der Waals surface area contributed by atoms with Crippen molar-refractivity contribution in [2.45, 2.75) is 13.8 Å². The minimum Gasteiger partial charge on any atom is -0.493 e. The minimum atomic E-state index is -0.420. The number of esters is 1. The summed E-state index contributed by atoms with van der Waals surface area (Å²) in [7, 11) is 0. The molecule has 1 aromatic carbocycles. The molecule has 0 aliphatic carbocycles. The number of halogens is 1. The average molecular weight is 255 g/mol. The van der Waals surface area contributed by atoms with Crippen LogP contribution in [0.15, 0.2) is 30.3 Å². The second-order valence-corrected chi connectivity index (χ2v) is 3.64. The smallest absolute Gasteiger partial charge is 0.334 e. The molecule has 0 fully saturated rings. The molecule has 0 unspecified atom stereocenters. The molecule has 3 nitrogen and oxygen atoms in total. The van der Waals surface area contributed by atoms with Crippen molar-refractivity contribution in [3.05, 3.63) is 40.9 Å². The Balaban J connectivity index is 2.96. The lowest BCUT2D eigenvalue weighted by atomic mass is 10.2. The van der Waals surface area contributed by atoms with Crippen molar-refractivity contribution in [2.24, 2.45) is 0 Å². The summed E-state index contributed by atoms with van der Waals surface area (Å²) < 4.78 is 10.2. The van der Waals surface area contributed by atoms with Crippen LogP contribution in [0.5, 0.6) is 0 Å². The molecule has 0 atom stereocenters. The molecule has 0 saturated carbocycles. The van der Waals surface area contributed by atoms with E-state index in [1.54, 1.807) is 25.1 Å². The van der Waals surface area contributed by atoms with Crippen molar-refractivity contribution in [3.63, 3.8) is 0 Å². The first-order valence-electron chi connectivity index (χ1n) is 5.44. The zero-order chi connectivity index (χ0) is 12.7. The molecule has 1 rings (SSSR count). The molecule has 0 N–H and O–H groups in total. The fourth-order valence-electron chi connectivity index (χ4n) is 1.30. The third kappa shape index (κ3) is 4.49. The molecule has 0 aliphatic rings. The van der Waals surface area contributed by atoms with E-state index >= 15 is 0 Å². The molecule has 0 aromatic heterocycles. The second-order valence-electron chi connectivity index (χ2n) is 3.20. The van der Waals surface area contributed by atoms with Crippen LogP contribution in [0.4, 0.5) is 0 Å². The quantitative estimate of drug-likeness (QED) is 0.460. The zero-order valence-corrected chi connectivity index (χ0v) is 10.7. The average Bonchev–Trinajstić information content (AvgIpc) is 2.29. The number of ether oxygens (including phenoxy) is 2. The summed E-state index contributed by atoms with van der Waals surface area (Å²) in [5.41, 5.74) is 0.757. The first-order chi connectivity index (χ1) is 8.17. The van der Waals surface area contributed by atoms with Crippen molar-refractivity contribution in [1.29, 1.82) is 0 Å². The molecule has 0 heterocycles. The summed E-state index contributed by atoms with van der Waals surface area (Å²) in [5.74, 6) is 0.0457. The maximum atomic E-state index is 11.4. The van der Waals surface area contributed by atoms with Gasteiger partial charge in [-0.1, -0.05) is 23.7 Å². The van der Waals surface area contributed by atoms with E-state index < -0.39 is 5.97 Å². The number of hydrogen-bond acceptors (Lipinski definition) is 3. The Labute approximate surface area is 106 Å². The van der Waals surface area contributed by atoms with Gasteiger partial charge in [-0.05, 0) is 26.0 Å². The topological polar surface area (TPSA) is 35.5 Å². The molecule has 0 amide bonds. The Morgan fingerprint density at radius 2 is 2.00 bits per heavy atom. The predicted molar refractivity (Wildman–Crippen MR) is 67.7 cm³/mol. The highest BCUT2D eigenvalue weighted by atomic mass is 35.5. The van der Waals surface area contributed by atoms with E-state index in [9.17, 15) is 4.79 Å². The van der Waals surface area contributed by atoms with Gasteiger partial charge in [0.05, 0.1) is 19.3 Å². The number of benzene rings is 1. The van der Waals surface area contributed by atoms with E-state index in [4.69, 9.17) is 21.1 Å². The summed E-state index contributed by atoms with van der Waals surface area (Å²) in [5, 5.41) is 0.594. The molecule has 0 aliphatic heterocycles. The summed E-state index contributed by atoms with van der Waals surface area (Å²) in [6, 6.07) is 7.13. The van der Waals surface area contributed by atoms with Gasteiger partial charge in [0.2, 0.25) is 0 Å². The van der Waals surface area contributed by atoms with Crippen molar-refractivity contribution in [3.8, 4) is 0 Å². The van der Waals surface area contributed by atoms with Gasteiger partial charge in [0.1, 0.15) is 5.76 Å². The highest BCUT2D eigenvalue weighted by Gasteiger charge is 2.07. The van der Waals surface area contributed by atoms with Crippen LogP contribution in [0.1, 0.15) is 19.4 Å². The van der Waals surface area contributed by atoms with E-state index in [-0.39, 0.29) is 0 Å². The first-order valence-corrected chi connectivity index (χ1v) is 5.82. The monoisotopic (exact) mass is 254 g/mol. The summed E-state index contributed by atoms with van der Waals surface area (Å²) in [6.07, 6.45) is 1.33. The maximum absolute atomic E-state index is 11.4. The highest BCUT2D eigenvalue weighted by molar-refractivity contribution is 6.30. The fourth-order valence-corrected chi connectivity index (χ4v) is 1.49. The lowest BCUT2D eigenvalue weighted by molar-refractivity contribution is -0.137. The molecular formula is C13H15ClO3. The van der Waals surface area contributed by atoms with Crippen LogP contribution < -0.4 is 0 Å². The third-order valence-corrected chi connectivity index (χ3v) is 2.18. The fraction of sp³-hybridized carbons (Fsp3) is 0.308. The second kappa shape index (κ2) is 6.97. The van der Waals surface area contributed by atoms with Gasteiger partial charge in [-0.2, -0.15) is 0 Å². The van der Waals surface area contributed by atoms with Gasteiger partial charge in [-0.3, -0.25) is 0 Å². The van der Waals surface area contributed by atoms with Crippen LogP contribution in [0.3, 0.4) is 0 Å². The Hall–Kier alpha value is -1.48. The van der Waals surface area contributed by atoms with Crippen LogP contribution in [0, 0.1) is 0 Å². The van der Waals surface area contributed by atoms with Crippen LogP contribution in [0.25, 0.3) is 5.76 Å². The van der Waals surface area contributed by atoms with Crippen molar-refractivity contribution < 1.29 is 14.3 Å². The third-order valence-electron chi connectivity index (χ3n) is 1.94. The molecule has 92 valence electrons. The molecule has 0 spiro atoms. The summed E-state index contributed by atoms with van der Waals surface area (Å²) >= 11 is 5.89. The Bertz CT molecular complexity index is 413. The van der Waals surface area contributed by atoms with Gasteiger partial charge >= 0.3 is 5.97 Å². The van der Waals surface area contributed by atoms with E-state index in [1.165, 1.54) is 6.08 Å². The molecule has 0 bridgehead atoms. The van der Waals surface area contributed by atoms with Crippen molar-refractivity contribution in [2.75, 3.05) is 13.2 Å². The van der Waals surface area contributed by atoms with Gasteiger partial charge in [-0.25, -0.2) is 4.79 Å². The maximum Gasteiger partial charge on any atom is 0.334 e. The van der Waals surface area contributed by atoms with Crippen LogP contribution in [0.2, 0.25) is 5.02 Å². The molecule has 17 heavy (non-hydrogen) atoms. The normalized spacial score (nSPS) is 11.1. The van der Waals surface area contributed by atoms with Gasteiger partial charge in [0.15, 0.2) is 0 Å². The minimum absolute atomic E-state index is 0.338. The molecule has 1 aromatic rings. The number of carbonyl (C=O) groups is 1. The molecule has 0 saturated heterocycles. The van der Waals surface area contributed by atoms with Gasteiger partial charge in [-0.15, -0.1) is 0 Å². The van der Waals surface area contributed by atoms with Crippen molar-refractivity contribution >= 4 is 23.3 Å². The Kier molecular flexibility index (Phi) is 5.57. The van der Waals surface area contributed by atoms with Crippen molar-refractivity contribution in [1.82, 2.24) is 0 Å². The van der Waals surface area contributed by atoms with Crippen LogP contribution in [-0.2, 0) is 14.3 Å². The molecular weight excluding hydrogens is 240 g/mol. The zero-order valence-electron chi connectivity index (χ0n) is 9.90. The SMILES string of the molecule is CCOC(=O)/C=C(/OCC)c1cccc(Cl)c1.